The summed E-state index contributed by atoms with van der Waals surface area (Å²) in [6, 6.07) is 4.39. The molecule has 3 rings (SSSR count). The van der Waals surface area contributed by atoms with E-state index in [2.05, 4.69) is 5.32 Å². The zero-order chi connectivity index (χ0) is 18.7. The van der Waals surface area contributed by atoms with E-state index in [9.17, 15) is 14.0 Å². The van der Waals surface area contributed by atoms with E-state index in [0.717, 1.165) is 31.9 Å². The number of hydrogen-bond donors (Lipinski definition) is 1. The van der Waals surface area contributed by atoms with Crippen LogP contribution in [-0.4, -0.2) is 23.8 Å². The van der Waals surface area contributed by atoms with Crippen LogP contribution in [-0.2, 0) is 19.1 Å². The maximum Gasteiger partial charge on any atom is 0.350 e. The van der Waals surface area contributed by atoms with Crippen molar-refractivity contribution >= 4 is 17.6 Å². The molecule has 0 bridgehead atoms. The molecule has 0 atom stereocenters. The number of carbonyl (C=O) groups excluding carboxylic acids is 2. The third kappa shape index (κ3) is 4.33. The number of esters is 2. The number of ether oxygens (including phenoxy) is 3. The molecule has 1 saturated carbocycles. The average Bonchev–Trinajstić information content (AvgIpc) is 2.56. The number of hydrogen-bond acceptors (Lipinski definition) is 6. The van der Waals surface area contributed by atoms with E-state index in [1.54, 1.807) is 6.07 Å². The van der Waals surface area contributed by atoms with Gasteiger partial charge in [-0.15, -0.1) is 0 Å². The van der Waals surface area contributed by atoms with Gasteiger partial charge >= 0.3 is 11.9 Å². The molecule has 26 heavy (non-hydrogen) atoms. The molecule has 1 saturated heterocycles. The van der Waals surface area contributed by atoms with Crippen molar-refractivity contribution in [1.82, 2.24) is 0 Å². The quantitative estimate of drug-likeness (QED) is 0.500. The number of halogens is 1. The Morgan fingerprint density at radius 3 is 2.42 bits per heavy atom. The molecular formula is C19H22FNO5. The normalized spacial score (nSPS) is 20.2. The van der Waals surface area contributed by atoms with Gasteiger partial charge in [0.05, 0.1) is 6.10 Å². The summed E-state index contributed by atoms with van der Waals surface area (Å²) < 4.78 is 30.0. The molecule has 1 aliphatic carbocycles. The van der Waals surface area contributed by atoms with Gasteiger partial charge in [0.2, 0.25) is 0 Å². The first-order valence-corrected chi connectivity index (χ1v) is 8.74. The van der Waals surface area contributed by atoms with Crippen LogP contribution < -0.4 is 10.1 Å². The Bertz CT molecular complexity index is 715. The lowest BCUT2D eigenvalue weighted by molar-refractivity contribution is -0.222. The molecule has 2 fully saturated rings. The van der Waals surface area contributed by atoms with Crippen molar-refractivity contribution < 1.29 is 28.2 Å². The first-order valence-electron chi connectivity index (χ1n) is 8.74. The molecule has 1 aromatic rings. The fraction of sp³-hybridized carbons (Fsp3) is 0.474. The Morgan fingerprint density at radius 1 is 1.15 bits per heavy atom. The predicted octanol–water partition coefficient (Wildman–Crippen LogP) is 3.67. The van der Waals surface area contributed by atoms with E-state index in [0.29, 0.717) is 5.69 Å². The first kappa shape index (κ1) is 18.2. The van der Waals surface area contributed by atoms with E-state index in [-0.39, 0.29) is 17.4 Å². The van der Waals surface area contributed by atoms with Gasteiger partial charge < -0.3 is 19.5 Å². The topological polar surface area (TPSA) is 73.9 Å². The van der Waals surface area contributed by atoms with Gasteiger partial charge in [-0.1, -0.05) is 6.42 Å². The molecule has 0 unspecified atom stereocenters. The van der Waals surface area contributed by atoms with E-state index in [1.807, 2.05) is 0 Å². The molecule has 2 aliphatic rings. The van der Waals surface area contributed by atoms with Gasteiger partial charge in [0, 0.05) is 31.8 Å². The van der Waals surface area contributed by atoms with Crippen LogP contribution in [0.4, 0.5) is 10.1 Å². The summed E-state index contributed by atoms with van der Waals surface area (Å²) in [5.41, 5.74) is 0.0868. The highest BCUT2D eigenvalue weighted by molar-refractivity contribution is 6.15. The molecule has 1 aliphatic heterocycles. The number of carbonyl (C=O) groups is 2. The molecule has 0 aromatic heterocycles. The third-order valence-electron chi connectivity index (χ3n) is 4.28. The molecule has 1 aromatic carbocycles. The van der Waals surface area contributed by atoms with Crippen LogP contribution in [0.5, 0.6) is 5.75 Å². The fourth-order valence-corrected chi connectivity index (χ4v) is 2.98. The van der Waals surface area contributed by atoms with Crippen molar-refractivity contribution in [2.75, 3.05) is 5.32 Å². The SMILES string of the molecule is CC1(C)OC(=O)C(=CNc2ccc(OC3CCCCC3)c(F)c2)C(=O)O1. The first-order chi connectivity index (χ1) is 12.3. The Labute approximate surface area is 151 Å². The maximum atomic E-state index is 14.3. The van der Waals surface area contributed by atoms with Crippen molar-refractivity contribution in [2.24, 2.45) is 0 Å². The Balaban J connectivity index is 1.66. The predicted molar refractivity (Wildman–Crippen MR) is 91.9 cm³/mol. The second-order valence-corrected chi connectivity index (χ2v) is 6.90. The second kappa shape index (κ2) is 7.35. The van der Waals surface area contributed by atoms with Crippen molar-refractivity contribution in [3.63, 3.8) is 0 Å². The Hall–Kier alpha value is -2.57. The molecule has 0 spiro atoms. The second-order valence-electron chi connectivity index (χ2n) is 6.90. The Morgan fingerprint density at radius 2 is 1.81 bits per heavy atom. The highest BCUT2D eigenvalue weighted by atomic mass is 19.1. The minimum absolute atomic E-state index is 0.0503. The summed E-state index contributed by atoms with van der Waals surface area (Å²) >= 11 is 0. The minimum atomic E-state index is -1.30. The lowest BCUT2D eigenvalue weighted by atomic mass is 9.98. The van der Waals surface area contributed by atoms with Gasteiger partial charge in [0.25, 0.3) is 5.79 Å². The maximum absolute atomic E-state index is 14.3. The number of anilines is 1. The van der Waals surface area contributed by atoms with Crippen molar-refractivity contribution in [3.8, 4) is 5.75 Å². The van der Waals surface area contributed by atoms with Gasteiger partial charge in [0.15, 0.2) is 17.1 Å². The van der Waals surface area contributed by atoms with Crippen molar-refractivity contribution in [2.45, 2.75) is 57.8 Å². The van der Waals surface area contributed by atoms with E-state index in [1.165, 1.54) is 32.4 Å². The zero-order valence-corrected chi connectivity index (χ0v) is 14.8. The van der Waals surface area contributed by atoms with Crippen LogP contribution in [0.15, 0.2) is 30.0 Å². The van der Waals surface area contributed by atoms with E-state index in [4.69, 9.17) is 14.2 Å². The highest BCUT2D eigenvalue weighted by Crippen LogP contribution is 2.27. The smallest absolute Gasteiger partial charge is 0.350 e. The van der Waals surface area contributed by atoms with Gasteiger partial charge in [-0.05, 0) is 37.8 Å². The number of benzene rings is 1. The summed E-state index contributed by atoms with van der Waals surface area (Å²) in [6.07, 6.45) is 6.47. The number of cyclic esters (lactones) is 2. The summed E-state index contributed by atoms with van der Waals surface area (Å²) in [7, 11) is 0. The molecule has 140 valence electrons. The van der Waals surface area contributed by atoms with Gasteiger partial charge in [-0.2, -0.15) is 0 Å². The fourth-order valence-electron chi connectivity index (χ4n) is 2.98. The van der Waals surface area contributed by atoms with Crippen LogP contribution in [0, 0.1) is 5.82 Å². The number of nitrogens with one attached hydrogen (secondary N) is 1. The number of rotatable bonds is 4. The van der Waals surface area contributed by atoms with Gasteiger partial charge in [0.1, 0.15) is 0 Å². The molecule has 1 heterocycles. The van der Waals surface area contributed by atoms with Gasteiger partial charge in [-0.3, -0.25) is 0 Å². The molecule has 0 radical (unpaired) electrons. The van der Waals surface area contributed by atoms with Gasteiger partial charge in [-0.25, -0.2) is 14.0 Å². The zero-order valence-electron chi connectivity index (χ0n) is 14.8. The van der Waals surface area contributed by atoms with Crippen LogP contribution in [0.3, 0.4) is 0 Å². The summed E-state index contributed by atoms with van der Waals surface area (Å²) in [5, 5.41) is 2.71. The van der Waals surface area contributed by atoms with E-state index >= 15 is 0 Å². The van der Waals surface area contributed by atoms with Crippen molar-refractivity contribution in [3.05, 3.63) is 35.8 Å². The van der Waals surface area contributed by atoms with Crippen molar-refractivity contribution in [1.29, 1.82) is 0 Å². The minimum Gasteiger partial charge on any atom is -0.487 e. The summed E-state index contributed by atoms with van der Waals surface area (Å²) in [6.45, 7) is 2.93. The summed E-state index contributed by atoms with van der Waals surface area (Å²) in [5.74, 6) is -3.19. The lowest BCUT2D eigenvalue weighted by Gasteiger charge is -2.29. The third-order valence-corrected chi connectivity index (χ3v) is 4.28. The highest BCUT2D eigenvalue weighted by Gasteiger charge is 2.38. The van der Waals surface area contributed by atoms with Crippen LogP contribution >= 0.6 is 0 Å². The monoisotopic (exact) mass is 363 g/mol. The Kier molecular flexibility index (Phi) is 5.15. The molecular weight excluding hydrogens is 341 g/mol. The average molecular weight is 363 g/mol. The van der Waals surface area contributed by atoms with E-state index < -0.39 is 23.5 Å². The molecule has 0 amide bonds. The standard InChI is InChI=1S/C19H22FNO5/c1-19(2)25-17(22)14(18(23)26-19)11-21-12-8-9-16(15(20)10-12)24-13-6-4-3-5-7-13/h8-11,13,21H,3-7H2,1-2H3. The summed E-state index contributed by atoms with van der Waals surface area (Å²) in [4.78, 5) is 23.7. The molecule has 7 heteroatoms. The van der Waals surface area contributed by atoms with Crippen LogP contribution in [0.2, 0.25) is 0 Å². The van der Waals surface area contributed by atoms with Crippen LogP contribution in [0.1, 0.15) is 46.0 Å². The lowest BCUT2D eigenvalue weighted by Crippen LogP contribution is -2.42. The van der Waals surface area contributed by atoms with Crippen LogP contribution in [0.25, 0.3) is 0 Å². The molecule has 6 nitrogen and oxygen atoms in total. The molecule has 1 N–H and O–H groups in total. The largest absolute Gasteiger partial charge is 0.487 e.